The van der Waals surface area contributed by atoms with Crippen molar-refractivity contribution in [3.05, 3.63) is 0 Å². The highest BCUT2D eigenvalue weighted by atomic mass is 16.7. The van der Waals surface area contributed by atoms with Gasteiger partial charge in [-0.1, -0.05) is 41.5 Å². The summed E-state index contributed by atoms with van der Waals surface area (Å²) in [6.45, 7) is 24.0. The zero-order chi connectivity index (χ0) is 37.9. The molecule has 0 saturated carbocycles. The number of hydrogen-bond donors (Lipinski definition) is 3. The zero-order valence-electron chi connectivity index (χ0n) is 33.6. The van der Waals surface area contributed by atoms with Crippen LogP contribution in [-0.2, 0) is 33.2 Å². The van der Waals surface area contributed by atoms with Gasteiger partial charge in [-0.3, -0.25) is 4.79 Å². The van der Waals surface area contributed by atoms with Gasteiger partial charge in [0.05, 0.1) is 42.5 Å². The van der Waals surface area contributed by atoms with Crippen molar-refractivity contribution in [3.8, 4) is 0 Å². The van der Waals surface area contributed by atoms with Crippen LogP contribution >= 0.6 is 0 Å². The summed E-state index contributed by atoms with van der Waals surface area (Å²) < 4.78 is 36.5. The number of rotatable bonds is 4. The van der Waals surface area contributed by atoms with Crippen LogP contribution in [0.15, 0.2) is 0 Å². The molecule has 0 aliphatic carbocycles. The summed E-state index contributed by atoms with van der Waals surface area (Å²) in [7, 11) is 4.07. The number of cyclic esters (lactones) is 1. The van der Waals surface area contributed by atoms with Crippen molar-refractivity contribution in [1.29, 1.82) is 0 Å². The van der Waals surface area contributed by atoms with Crippen LogP contribution in [0.1, 0.15) is 122 Å². The largest absolute Gasteiger partial charge is 0.459 e. The number of carbonyl (C=O) groups excluding carboxylic acids is 1. The van der Waals surface area contributed by atoms with E-state index < -0.39 is 60.3 Å². The van der Waals surface area contributed by atoms with Gasteiger partial charge in [0.15, 0.2) is 18.4 Å². The van der Waals surface area contributed by atoms with Crippen molar-refractivity contribution < 1.29 is 48.5 Å². The molecule has 0 aromatic carbocycles. The molecule has 4 fully saturated rings. The third kappa shape index (κ3) is 11.1. The summed E-state index contributed by atoms with van der Waals surface area (Å²) in [5, 5.41) is 31.4. The van der Waals surface area contributed by atoms with E-state index in [1.165, 1.54) is 0 Å². The molecule has 0 spiro atoms. The van der Waals surface area contributed by atoms with Crippen LogP contribution in [-0.4, -0.2) is 113 Å². The van der Waals surface area contributed by atoms with Gasteiger partial charge in [-0.25, -0.2) is 0 Å². The van der Waals surface area contributed by atoms with Gasteiger partial charge in [0.25, 0.3) is 0 Å². The number of fused-ring (bicyclic) bond motifs is 2. The average molecular weight is 716 g/mol. The first-order chi connectivity index (χ1) is 23.1. The third-order valence-electron chi connectivity index (χ3n) is 12.2. The SMILES string of the molecule is CC1CC(N(C)C)CC(O)O1.CCC1OC(=O)C(C)C(O[C@H]2CC(C)[C@@H](O)C(C)O2)C(C)C(C)C(C)C[C@@H](C)C2C[C@@H](OC(C)(C)O2)[C@]1(C)O. The lowest BCUT2D eigenvalue weighted by molar-refractivity contribution is -0.339. The van der Waals surface area contributed by atoms with Gasteiger partial charge in [0.1, 0.15) is 11.7 Å². The molecule has 50 heavy (non-hydrogen) atoms. The number of esters is 1. The van der Waals surface area contributed by atoms with Gasteiger partial charge < -0.3 is 48.6 Å². The molecule has 4 rings (SSSR count). The number of hydrogen-bond acceptors (Lipinski definition) is 11. The van der Waals surface area contributed by atoms with Crippen LogP contribution < -0.4 is 0 Å². The van der Waals surface area contributed by atoms with Crippen molar-refractivity contribution in [1.82, 2.24) is 4.90 Å². The molecule has 11 nitrogen and oxygen atoms in total. The lowest BCUT2D eigenvalue weighted by atomic mass is 9.74. The second kappa shape index (κ2) is 18.0. The van der Waals surface area contributed by atoms with E-state index >= 15 is 0 Å². The van der Waals surface area contributed by atoms with Gasteiger partial charge in [0, 0.05) is 25.3 Å². The van der Waals surface area contributed by atoms with Crippen molar-refractivity contribution in [2.45, 2.75) is 194 Å². The van der Waals surface area contributed by atoms with Crippen LogP contribution in [0.5, 0.6) is 0 Å². The maximum absolute atomic E-state index is 13.7. The average Bonchev–Trinajstić information content (AvgIpc) is 3.02. The van der Waals surface area contributed by atoms with Gasteiger partial charge in [-0.2, -0.15) is 0 Å². The molecule has 11 heteroatoms. The fraction of sp³-hybridized carbons (Fsp3) is 0.974. The number of aliphatic hydroxyl groups is 3. The van der Waals surface area contributed by atoms with Crippen molar-refractivity contribution >= 4 is 5.97 Å². The van der Waals surface area contributed by atoms with E-state index in [4.69, 9.17) is 28.4 Å². The number of ether oxygens (including phenoxy) is 6. The molecule has 4 aliphatic rings. The first-order valence-electron chi connectivity index (χ1n) is 19.3. The molecule has 12 unspecified atom stereocenters. The molecule has 294 valence electrons. The predicted molar refractivity (Wildman–Crippen MR) is 192 cm³/mol. The van der Waals surface area contributed by atoms with E-state index in [2.05, 4.69) is 32.6 Å². The Labute approximate surface area is 303 Å². The van der Waals surface area contributed by atoms with E-state index in [-0.39, 0.29) is 42.0 Å². The molecule has 3 N–H and O–H groups in total. The maximum atomic E-state index is 13.7. The first-order valence-corrected chi connectivity index (χ1v) is 19.3. The van der Waals surface area contributed by atoms with E-state index in [1.54, 1.807) is 6.92 Å². The minimum Gasteiger partial charge on any atom is -0.459 e. The maximum Gasteiger partial charge on any atom is 0.311 e. The van der Waals surface area contributed by atoms with Gasteiger partial charge >= 0.3 is 5.97 Å². The standard InChI is InChI=1S/C31H56O8.C8H17NO2/c1-12-24-31(11,34)25-15-23(38-30(9,10)39-25)17(3)13-16(2)19(5)20(6)28(21(7)29(33)36-24)37-26-14-18(4)27(32)22(8)35-26;1-6-4-7(9(2)3)5-8(10)11-6/h16-28,32,34H,12-15H2,1-11H3;6-8,10H,4-5H2,1-3H3/t16?,17-,18?,19?,20?,21?,22?,23?,24?,25-,26+,27-,28?,31-;/m1./s1. The number of aliphatic hydroxyl groups excluding tert-OH is 2. The molecular formula is C39H73NO10. The van der Waals surface area contributed by atoms with Crippen LogP contribution in [0.25, 0.3) is 0 Å². The Morgan fingerprint density at radius 1 is 0.820 bits per heavy atom. The van der Waals surface area contributed by atoms with E-state index in [9.17, 15) is 20.1 Å². The van der Waals surface area contributed by atoms with Crippen molar-refractivity contribution in [3.63, 3.8) is 0 Å². The minimum atomic E-state index is -1.40. The first kappa shape index (κ1) is 43.5. The summed E-state index contributed by atoms with van der Waals surface area (Å²) in [6, 6.07) is 0.466. The van der Waals surface area contributed by atoms with Gasteiger partial charge in [0.2, 0.25) is 0 Å². The van der Waals surface area contributed by atoms with E-state index in [1.807, 2.05) is 62.6 Å². The summed E-state index contributed by atoms with van der Waals surface area (Å²) in [5.41, 5.74) is -1.40. The molecular weight excluding hydrogens is 642 g/mol. The molecule has 0 amide bonds. The molecule has 0 aromatic rings. The van der Waals surface area contributed by atoms with Crippen LogP contribution in [0.2, 0.25) is 0 Å². The monoisotopic (exact) mass is 716 g/mol. The van der Waals surface area contributed by atoms with E-state index in [0.29, 0.717) is 31.2 Å². The highest BCUT2D eigenvalue weighted by Gasteiger charge is 2.51. The molecule has 0 radical (unpaired) electrons. The Kier molecular flexibility index (Phi) is 15.6. The highest BCUT2D eigenvalue weighted by Crippen LogP contribution is 2.42. The predicted octanol–water partition coefficient (Wildman–Crippen LogP) is 5.50. The second-order valence-electron chi connectivity index (χ2n) is 17.2. The Bertz CT molecular complexity index is 1030. The fourth-order valence-electron chi connectivity index (χ4n) is 8.48. The van der Waals surface area contributed by atoms with Crippen LogP contribution in [0.3, 0.4) is 0 Å². The minimum absolute atomic E-state index is 0.0234. The van der Waals surface area contributed by atoms with E-state index in [0.717, 1.165) is 19.3 Å². The molecule has 0 aromatic heterocycles. The van der Waals surface area contributed by atoms with Crippen LogP contribution in [0, 0.1) is 35.5 Å². The van der Waals surface area contributed by atoms with Crippen molar-refractivity contribution in [2.75, 3.05) is 14.1 Å². The van der Waals surface area contributed by atoms with Gasteiger partial charge in [-0.05, 0) is 104 Å². The fourth-order valence-corrected chi connectivity index (χ4v) is 8.48. The lowest BCUT2D eigenvalue weighted by Crippen LogP contribution is -2.60. The van der Waals surface area contributed by atoms with Gasteiger partial charge in [-0.15, -0.1) is 0 Å². The molecule has 2 bridgehead atoms. The summed E-state index contributed by atoms with van der Waals surface area (Å²) in [5.74, 6) is -0.978. The Balaban J connectivity index is 0.000000521. The Morgan fingerprint density at radius 2 is 1.46 bits per heavy atom. The number of nitrogens with zero attached hydrogens (tertiary/aromatic N) is 1. The molecule has 4 saturated heterocycles. The second-order valence-corrected chi connectivity index (χ2v) is 17.2. The zero-order valence-corrected chi connectivity index (χ0v) is 33.6. The molecule has 4 heterocycles. The topological polar surface area (TPSA) is 136 Å². The number of carbonyl (C=O) groups is 1. The highest BCUT2D eigenvalue weighted by molar-refractivity contribution is 5.73. The third-order valence-corrected chi connectivity index (χ3v) is 12.2. The summed E-state index contributed by atoms with van der Waals surface area (Å²) in [6.07, 6.45) is 0.571. The van der Waals surface area contributed by atoms with Crippen molar-refractivity contribution in [2.24, 2.45) is 35.5 Å². The summed E-state index contributed by atoms with van der Waals surface area (Å²) >= 11 is 0. The Morgan fingerprint density at radius 3 is 2.02 bits per heavy atom. The Hall–Kier alpha value is -0.890. The lowest BCUT2D eigenvalue weighted by Gasteiger charge is -2.49. The molecule has 4 aliphatic heterocycles. The summed E-state index contributed by atoms with van der Waals surface area (Å²) in [4.78, 5) is 15.8. The van der Waals surface area contributed by atoms with Crippen LogP contribution in [0.4, 0.5) is 0 Å². The smallest absolute Gasteiger partial charge is 0.311 e. The quantitative estimate of drug-likeness (QED) is 0.318. The normalized spacial score (nSPS) is 47.8. The molecule has 17 atom stereocenters.